The average molecular weight is 555 g/mol. The molecular formula is C31H34N6O4. The summed E-state index contributed by atoms with van der Waals surface area (Å²) in [4.78, 5) is 57.8. The van der Waals surface area contributed by atoms with Crippen LogP contribution in [-0.2, 0) is 20.8 Å². The fourth-order valence-electron chi connectivity index (χ4n) is 5.92. The second-order valence-electron chi connectivity index (χ2n) is 11.0. The van der Waals surface area contributed by atoms with E-state index in [1.54, 1.807) is 17.2 Å². The van der Waals surface area contributed by atoms with Gasteiger partial charge in [0.1, 0.15) is 11.5 Å². The molecule has 1 atom stereocenters. The number of likely N-dealkylation sites (tertiary alicyclic amines) is 1. The van der Waals surface area contributed by atoms with Gasteiger partial charge in [0.25, 0.3) is 5.91 Å². The average Bonchev–Trinajstić information content (AvgIpc) is 3.75. The topological polar surface area (TPSA) is 149 Å². The Morgan fingerprint density at radius 3 is 2.63 bits per heavy atom. The van der Waals surface area contributed by atoms with Gasteiger partial charge in [-0.3, -0.25) is 34.4 Å². The van der Waals surface area contributed by atoms with Gasteiger partial charge in [-0.15, -0.1) is 0 Å². The maximum atomic E-state index is 13.5. The fraction of sp³-hybridized carbons (Fsp3) is 0.419. The molecule has 10 nitrogen and oxygen atoms in total. The third-order valence-corrected chi connectivity index (χ3v) is 8.38. The Bertz CT molecular complexity index is 1490. The number of imide groups is 1. The second kappa shape index (κ2) is 11.5. The summed E-state index contributed by atoms with van der Waals surface area (Å²) in [6.45, 7) is 3.11. The largest absolute Gasteiger partial charge is 0.404 e. The Labute approximate surface area is 238 Å². The van der Waals surface area contributed by atoms with Crippen molar-refractivity contribution in [1.82, 2.24) is 10.2 Å². The van der Waals surface area contributed by atoms with E-state index in [4.69, 9.17) is 10.7 Å². The standard InChI is InChI=1S/C31H34N6O4/c1-2-4-26(28(39)35-19-38)37-25-8-7-21(23-5-3-6-24(27(23)25)29(37)40)15-20(16-32)17-34-22-9-13-36(14-10-22)30(41)31(18-33)11-12-31/h3,5-8,16-17,19,22,26H,2,4,9-15,32H2,1H3,(H,35,38,39). The molecule has 41 heavy (non-hydrogen) atoms. The fourth-order valence-corrected chi connectivity index (χ4v) is 5.92. The summed E-state index contributed by atoms with van der Waals surface area (Å²) in [7, 11) is 0. The third kappa shape index (κ3) is 5.20. The first-order chi connectivity index (χ1) is 19.9. The molecular weight excluding hydrogens is 520 g/mol. The van der Waals surface area contributed by atoms with Crippen molar-refractivity contribution in [2.75, 3.05) is 18.0 Å². The maximum absolute atomic E-state index is 13.5. The van der Waals surface area contributed by atoms with Gasteiger partial charge in [0.15, 0.2) is 0 Å². The summed E-state index contributed by atoms with van der Waals surface area (Å²) in [5.74, 6) is -0.804. The molecule has 5 rings (SSSR count). The molecule has 1 unspecified atom stereocenters. The minimum atomic E-state index is -0.790. The normalized spacial score (nSPS) is 18.9. The van der Waals surface area contributed by atoms with Crippen LogP contribution in [0.25, 0.3) is 10.8 Å². The van der Waals surface area contributed by atoms with Gasteiger partial charge in [0.05, 0.1) is 17.8 Å². The Morgan fingerprint density at radius 2 is 2.00 bits per heavy atom. The summed E-state index contributed by atoms with van der Waals surface area (Å²) in [5.41, 5.74) is 8.18. The lowest BCUT2D eigenvalue weighted by molar-refractivity contribution is -0.136. The molecule has 4 amide bonds. The molecule has 0 spiro atoms. The number of aliphatic imine (C=N–C) groups is 1. The van der Waals surface area contributed by atoms with Crippen LogP contribution in [0.2, 0.25) is 0 Å². The number of anilines is 1. The predicted molar refractivity (Wildman–Crippen MR) is 155 cm³/mol. The number of amides is 4. The highest BCUT2D eigenvalue weighted by Gasteiger charge is 2.52. The molecule has 0 aromatic heterocycles. The second-order valence-corrected chi connectivity index (χ2v) is 11.0. The quantitative estimate of drug-likeness (QED) is 0.341. The number of allylic oxidation sites excluding steroid dienone is 1. The molecule has 2 aromatic carbocycles. The van der Waals surface area contributed by atoms with E-state index in [0.29, 0.717) is 62.9 Å². The van der Waals surface area contributed by atoms with Gasteiger partial charge in [0, 0.05) is 36.7 Å². The molecule has 1 saturated heterocycles. The van der Waals surface area contributed by atoms with Crippen LogP contribution in [0.1, 0.15) is 61.4 Å². The van der Waals surface area contributed by atoms with Gasteiger partial charge in [-0.1, -0.05) is 31.5 Å². The van der Waals surface area contributed by atoms with Crippen LogP contribution < -0.4 is 16.0 Å². The summed E-state index contributed by atoms with van der Waals surface area (Å²) in [6, 6.07) is 10.8. The van der Waals surface area contributed by atoms with Crippen molar-refractivity contribution in [3.63, 3.8) is 0 Å². The van der Waals surface area contributed by atoms with Gasteiger partial charge >= 0.3 is 0 Å². The number of hydrogen-bond donors (Lipinski definition) is 2. The van der Waals surface area contributed by atoms with Crippen LogP contribution in [0.15, 0.2) is 47.1 Å². The van der Waals surface area contributed by atoms with Crippen molar-refractivity contribution in [3.05, 3.63) is 53.2 Å². The highest BCUT2D eigenvalue weighted by molar-refractivity contribution is 6.27. The van der Waals surface area contributed by atoms with E-state index in [-0.39, 0.29) is 17.9 Å². The molecule has 2 heterocycles. The third-order valence-electron chi connectivity index (χ3n) is 8.38. The lowest BCUT2D eigenvalue weighted by Gasteiger charge is -2.31. The molecule has 3 N–H and O–H groups in total. The van der Waals surface area contributed by atoms with Gasteiger partial charge in [0.2, 0.25) is 18.2 Å². The Kier molecular flexibility index (Phi) is 7.88. The SMILES string of the molecule is CCCC(C(=O)NC=O)N1C(=O)c2cccc3c(CC(C=NC4CCN(C(=O)C5(C#N)CC5)CC4)=CN)ccc1c23. The minimum absolute atomic E-state index is 0.0422. The zero-order valence-corrected chi connectivity index (χ0v) is 23.1. The highest BCUT2D eigenvalue weighted by atomic mass is 16.2. The summed E-state index contributed by atoms with van der Waals surface area (Å²) < 4.78 is 0. The van der Waals surface area contributed by atoms with Gasteiger partial charge < -0.3 is 10.6 Å². The number of piperidine rings is 1. The number of nitriles is 1. The van der Waals surface area contributed by atoms with Crippen LogP contribution in [0, 0.1) is 16.7 Å². The summed E-state index contributed by atoms with van der Waals surface area (Å²) in [6.07, 6.45) is 8.04. The Morgan fingerprint density at radius 1 is 1.24 bits per heavy atom. The van der Waals surface area contributed by atoms with Gasteiger partial charge in [-0.05, 0) is 67.0 Å². The molecule has 1 saturated carbocycles. The number of nitrogens with two attached hydrogens (primary N) is 1. The lowest BCUT2D eigenvalue weighted by atomic mass is 9.96. The molecule has 1 aliphatic carbocycles. The monoisotopic (exact) mass is 554 g/mol. The number of hydrogen-bond acceptors (Lipinski definition) is 7. The van der Waals surface area contributed by atoms with Crippen LogP contribution >= 0.6 is 0 Å². The lowest BCUT2D eigenvalue weighted by Crippen LogP contribution is -2.48. The first-order valence-electron chi connectivity index (χ1n) is 14.1. The van der Waals surface area contributed by atoms with E-state index in [2.05, 4.69) is 11.4 Å². The van der Waals surface area contributed by atoms with Crippen LogP contribution in [-0.4, -0.2) is 60.4 Å². The number of benzene rings is 2. The first-order valence-corrected chi connectivity index (χ1v) is 14.1. The van der Waals surface area contributed by atoms with Crippen molar-refractivity contribution in [3.8, 4) is 6.07 Å². The van der Waals surface area contributed by atoms with Crippen molar-refractivity contribution in [2.24, 2.45) is 16.1 Å². The number of carbonyl (C=O) groups excluding carboxylic acids is 4. The predicted octanol–water partition coefficient (Wildman–Crippen LogP) is 2.99. The zero-order valence-electron chi connectivity index (χ0n) is 23.1. The molecule has 10 heteroatoms. The van der Waals surface area contributed by atoms with Crippen LogP contribution in [0.5, 0.6) is 0 Å². The van der Waals surface area contributed by atoms with Crippen molar-refractivity contribution in [2.45, 2.75) is 64.0 Å². The van der Waals surface area contributed by atoms with Crippen LogP contribution in [0.3, 0.4) is 0 Å². The van der Waals surface area contributed by atoms with Crippen molar-refractivity contribution in [1.29, 1.82) is 5.26 Å². The summed E-state index contributed by atoms with van der Waals surface area (Å²) in [5, 5.41) is 13.2. The number of nitrogens with one attached hydrogen (secondary N) is 1. The molecule has 212 valence electrons. The summed E-state index contributed by atoms with van der Waals surface area (Å²) >= 11 is 0. The number of rotatable bonds is 10. The van der Waals surface area contributed by atoms with Gasteiger partial charge in [-0.2, -0.15) is 5.26 Å². The molecule has 2 aromatic rings. The van der Waals surface area contributed by atoms with Crippen molar-refractivity contribution >= 4 is 46.8 Å². The van der Waals surface area contributed by atoms with Gasteiger partial charge in [-0.25, -0.2) is 0 Å². The number of carbonyl (C=O) groups is 4. The number of nitrogens with zero attached hydrogens (tertiary/aromatic N) is 4. The molecule has 2 fully saturated rings. The minimum Gasteiger partial charge on any atom is -0.404 e. The van der Waals surface area contributed by atoms with E-state index < -0.39 is 17.4 Å². The molecule has 2 aliphatic heterocycles. The van der Waals surface area contributed by atoms with E-state index >= 15 is 0 Å². The Balaban J connectivity index is 1.32. The van der Waals surface area contributed by atoms with E-state index in [1.807, 2.05) is 31.2 Å². The van der Waals surface area contributed by atoms with E-state index in [9.17, 15) is 24.4 Å². The zero-order chi connectivity index (χ0) is 29.1. The Hall–Kier alpha value is -4.52. The van der Waals surface area contributed by atoms with Crippen molar-refractivity contribution < 1.29 is 19.2 Å². The van der Waals surface area contributed by atoms with Crippen LogP contribution in [0.4, 0.5) is 5.69 Å². The van der Waals surface area contributed by atoms with E-state index in [1.165, 1.54) is 11.1 Å². The maximum Gasteiger partial charge on any atom is 0.259 e. The highest BCUT2D eigenvalue weighted by Crippen LogP contribution is 2.47. The molecule has 0 bridgehead atoms. The van der Waals surface area contributed by atoms with E-state index in [0.717, 1.165) is 34.8 Å². The smallest absolute Gasteiger partial charge is 0.259 e. The molecule has 0 radical (unpaired) electrons. The first kappa shape index (κ1) is 28.0. The molecule has 3 aliphatic rings.